The smallest absolute Gasteiger partial charge is 0.220 e. The van der Waals surface area contributed by atoms with Gasteiger partial charge in [-0.05, 0) is 32.4 Å². The summed E-state index contributed by atoms with van der Waals surface area (Å²) in [6.07, 6.45) is 2.54. The maximum absolute atomic E-state index is 11.4. The summed E-state index contributed by atoms with van der Waals surface area (Å²) in [7, 11) is 0. The highest BCUT2D eigenvalue weighted by Gasteiger charge is 2.17. The summed E-state index contributed by atoms with van der Waals surface area (Å²) in [5.74, 6) is 6.42. The quantitative estimate of drug-likeness (QED) is 0.506. The SMILES string of the molecule is CC#CCCNC(=O)CC1CCNC1. The van der Waals surface area contributed by atoms with Crippen molar-refractivity contribution in [2.75, 3.05) is 19.6 Å². The van der Waals surface area contributed by atoms with E-state index in [4.69, 9.17) is 0 Å². The summed E-state index contributed by atoms with van der Waals surface area (Å²) >= 11 is 0. The monoisotopic (exact) mass is 194 g/mol. The van der Waals surface area contributed by atoms with Crippen molar-refractivity contribution in [1.82, 2.24) is 10.6 Å². The van der Waals surface area contributed by atoms with E-state index in [1.807, 2.05) is 6.92 Å². The second-order valence-electron chi connectivity index (χ2n) is 3.59. The molecule has 1 atom stereocenters. The third-order valence-electron chi connectivity index (χ3n) is 2.39. The van der Waals surface area contributed by atoms with Gasteiger partial charge in [-0.3, -0.25) is 4.79 Å². The normalized spacial score (nSPS) is 19.9. The number of nitrogens with one attached hydrogen (secondary N) is 2. The number of amides is 1. The second-order valence-corrected chi connectivity index (χ2v) is 3.59. The third kappa shape index (κ3) is 4.29. The van der Waals surface area contributed by atoms with Gasteiger partial charge in [-0.25, -0.2) is 0 Å². The van der Waals surface area contributed by atoms with Crippen molar-refractivity contribution >= 4 is 5.91 Å². The maximum atomic E-state index is 11.4. The molecule has 0 spiro atoms. The van der Waals surface area contributed by atoms with Gasteiger partial charge in [0.15, 0.2) is 0 Å². The summed E-state index contributed by atoms with van der Waals surface area (Å²) in [6, 6.07) is 0. The molecule has 1 unspecified atom stereocenters. The molecule has 3 heteroatoms. The average molecular weight is 194 g/mol. The van der Waals surface area contributed by atoms with Gasteiger partial charge in [0.2, 0.25) is 5.91 Å². The summed E-state index contributed by atoms with van der Waals surface area (Å²) in [5.41, 5.74) is 0. The molecule has 0 aromatic rings. The Morgan fingerprint density at radius 3 is 3.14 bits per heavy atom. The predicted molar refractivity (Wildman–Crippen MR) is 56.7 cm³/mol. The van der Waals surface area contributed by atoms with Gasteiger partial charge in [-0.15, -0.1) is 11.8 Å². The molecule has 0 aromatic heterocycles. The second kappa shape index (κ2) is 6.44. The lowest BCUT2D eigenvalue weighted by molar-refractivity contribution is -0.121. The van der Waals surface area contributed by atoms with Crippen LogP contribution in [0.2, 0.25) is 0 Å². The number of carbonyl (C=O) groups is 1. The van der Waals surface area contributed by atoms with Crippen LogP contribution in [-0.2, 0) is 4.79 Å². The van der Waals surface area contributed by atoms with Crippen LogP contribution in [0.15, 0.2) is 0 Å². The van der Waals surface area contributed by atoms with E-state index in [0.29, 0.717) is 18.9 Å². The zero-order chi connectivity index (χ0) is 10.2. The van der Waals surface area contributed by atoms with E-state index in [-0.39, 0.29) is 5.91 Å². The largest absolute Gasteiger partial charge is 0.355 e. The van der Waals surface area contributed by atoms with Gasteiger partial charge < -0.3 is 10.6 Å². The zero-order valence-corrected chi connectivity index (χ0v) is 8.73. The van der Waals surface area contributed by atoms with Crippen LogP contribution in [0.25, 0.3) is 0 Å². The molecule has 1 fully saturated rings. The molecule has 1 saturated heterocycles. The molecule has 1 rings (SSSR count). The Labute approximate surface area is 85.6 Å². The van der Waals surface area contributed by atoms with E-state index < -0.39 is 0 Å². The fourth-order valence-electron chi connectivity index (χ4n) is 1.61. The molecule has 0 radical (unpaired) electrons. The fraction of sp³-hybridized carbons (Fsp3) is 0.727. The Morgan fingerprint density at radius 1 is 1.64 bits per heavy atom. The van der Waals surface area contributed by atoms with E-state index in [1.165, 1.54) is 0 Å². The average Bonchev–Trinajstić information content (AvgIpc) is 2.65. The standard InChI is InChI=1S/C11H18N2O/c1-2-3-4-6-13-11(14)8-10-5-7-12-9-10/h10,12H,4-9H2,1H3,(H,13,14). The third-order valence-corrected chi connectivity index (χ3v) is 2.39. The molecule has 0 bridgehead atoms. The zero-order valence-electron chi connectivity index (χ0n) is 8.73. The summed E-state index contributed by atoms with van der Waals surface area (Å²) in [5, 5.41) is 6.13. The minimum atomic E-state index is 0.164. The van der Waals surface area contributed by atoms with Crippen molar-refractivity contribution in [2.45, 2.75) is 26.2 Å². The summed E-state index contributed by atoms with van der Waals surface area (Å²) in [6.45, 7) is 4.54. The molecule has 1 amide bonds. The lowest BCUT2D eigenvalue weighted by atomic mass is 10.0. The van der Waals surface area contributed by atoms with Crippen LogP contribution < -0.4 is 10.6 Å². The Hall–Kier alpha value is -1.01. The summed E-state index contributed by atoms with van der Waals surface area (Å²) in [4.78, 5) is 11.4. The fourth-order valence-corrected chi connectivity index (χ4v) is 1.61. The topological polar surface area (TPSA) is 41.1 Å². The van der Waals surface area contributed by atoms with Crippen molar-refractivity contribution in [3.8, 4) is 11.8 Å². The number of carbonyl (C=O) groups excluding carboxylic acids is 1. The highest BCUT2D eigenvalue weighted by Crippen LogP contribution is 2.11. The van der Waals surface area contributed by atoms with E-state index in [1.54, 1.807) is 0 Å². The number of hydrogen-bond acceptors (Lipinski definition) is 2. The summed E-state index contributed by atoms with van der Waals surface area (Å²) < 4.78 is 0. The molecule has 1 aliphatic heterocycles. The molecule has 2 N–H and O–H groups in total. The first kappa shape index (κ1) is 11.1. The Morgan fingerprint density at radius 2 is 2.50 bits per heavy atom. The van der Waals surface area contributed by atoms with Crippen LogP contribution >= 0.6 is 0 Å². The highest BCUT2D eigenvalue weighted by atomic mass is 16.1. The maximum Gasteiger partial charge on any atom is 0.220 e. The van der Waals surface area contributed by atoms with Crippen molar-refractivity contribution < 1.29 is 4.79 Å². The molecular weight excluding hydrogens is 176 g/mol. The first-order chi connectivity index (χ1) is 6.83. The van der Waals surface area contributed by atoms with Gasteiger partial charge in [-0.2, -0.15) is 0 Å². The Kier molecular flexibility index (Phi) is 5.09. The minimum Gasteiger partial charge on any atom is -0.355 e. The Balaban J connectivity index is 2.05. The Bertz CT molecular complexity index is 233. The van der Waals surface area contributed by atoms with Gasteiger partial charge in [0.05, 0.1) is 0 Å². The van der Waals surface area contributed by atoms with E-state index in [2.05, 4.69) is 22.5 Å². The molecule has 1 aliphatic rings. The predicted octanol–water partition coefficient (Wildman–Crippen LogP) is 0.516. The number of hydrogen-bond donors (Lipinski definition) is 2. The molecule has 0 aliphatic carbocycles. The van der Waals surface area contributed by atoms with Crippen molar-refractivity contribution in [3.63, 3.8) is 0 Å². The van der Waals surface area contributed by atoms with Crippen LogP contribution in [0, 0.1) is 17.8 Å². The van der Waals surface area contributed by atoms with Crippen LogP contribution in [0.4, 0.5) is 0 Å². The van der Waals surface area contributed by atoms with Gasteiger partial charge in [0.1, 0.15) is 0 Å². The first-order valence-corrected chi connectivity index (χ1v) is 5.20. The van der Waals surface area contributed by atoms with Crippen LogP contribution in [0.3, 0.4) is 0 Å². The van der Waals surface area contributed by atoms with Crippen molar-refractivity contribution in [1.29, 1.82) is 0 Å². The van der Waals surface area contributed by atoms with Crippen LogP contribution in [0.1, 0.15) is 26.2 Å². The molecule has 3 nitrogen and oxygen atoms in total. The van der Waals surface area contributed by atoms with E-state index in [9.17, 15) is 4.79 Å². The molecule has 1 heterocycles. The van der Waals surface area contributed by atoms with Gasteiger partial charge in [-0.1, -0.05) is 0 Å². The van der Waals surface area contributed by atoms with E-state index >= 15 is 0 Å². The van der Waals surface area contributed by atoms with Crippen LogP contribution in [-0.4, -0.2) is 25.5 Å². The molecule has 14 heavy (non-hydrogen) atoms. The molecular formula is C11H18N2O. The molecule has 78 valence electrons. The molecule has 0 aromatic carbocycles. The lowest BCUT2D eigenvalue weighted by Crippen LogP contribution is -2.26. The highest BCUT2D eigenvalue weighted by molar-refractivity contribution is 5.76. The van der Waals surface area contributed by atoms with Crippen molar-refractivity contribution in [3.05, 3.63) is 0 Å². The first-order valence-electron chi connectivity index (χ1n) is 5.20. The van der Waals surface area contributed by atoms with E-state index in [0.717, 1.165) is 25.9 Å². The van der Waals surface area contributed by atoms with Gasteiger partial charge in [0.25, 0.3) is 0 Å². The van der Waals surface area contributed by atoms with Gasteiger partial charge >= 0.3 is 0 Å². The van der Waals surface area contributed by atoms with Crippen LogP contribution in [0.5, 0.6) is 0 Å². The van der Waals surface area contributed by atoms with Gasteiger partial charge in [0, 0.05) is 19.4 Å². The minimum absolute atomic E-state index is 0.164. The van der Waals surface area contributed by atoms with Crippen molar-refractivity contribution in [2.24, 2.45) is 5.92 Å². The lowest BCUT2D eigenvalue weighted by Gasteiger charge is -2.07. The number of rotatable bonds is 4. The molecule has 0 saturated carbocycles.